The molecule has 1 saturated heterocycles. The fraction of sp³-hybridized carbons (Fsp3) is 0.278. The summed E-state index contributed by atoms with van der Waals surface area (Å²) in [7, 11) is 0. The molecule has 1 aliphatic heterocycles. The molecule has 1 aliphatic rings. The largest absolute Gasteiger partial charge is 0.370 e. The second-order valence-electron chi connectivity index (χ2n) is 6.05. The molecule has 0 saturated carbocycles. The summed E-state index contributed by atoms with van der Waals surface area (Å²) >= 11 is 0. The molecule has 2 aromatic rings. The van der Waals surface area contributed by atoms with Crippen molar-refractivity contribution in [1.82, 2.24) is 4.90 Å². The number of nitro groups is 1. The molecule has 2 aromatic carbocycles. The maximum absolute atomic E-state index is 13.0. The number of halogens is 1. The molecule has 0 aliphatic carbocycles. The monoisotopic (exact) mass is 357 g/mol. The van der Waals surface area contributed by atoms with Gasteiger partial charge in [-0.3, -0.25) is 10.1 Å². The molecule has 8 heteroatoms. The van der Waals surface area contributed by atoms with Crippen molar-refractivity contribution in [2.24, 2.45) is 10.7 Å². The van der Waals surface area contributed by atoms with Gasteiger partial charge in [0.1, 0.15) is 5.82 Å². The zero-order valence-corrected chi connectivity index (χ0v) is 14.2. The Labute approximate surface area is 150 Å². The third-order valence-electron chi connectivity index (χ3n) is 4.34. The van der Waals surface area contributed by atoms with Crippen LogP contribution in [0.25, 0.3) is 0 Å². The number of nitrogens with zero attached hydrogens (tertiary/aromatic N) is 4. The Morgan fingerprint density at radius 1 is 1.15 bits per heavy atom. The number of hydrogen-bond acceptors (Lipinski definition) is 4. The predicted octanol–water partition coefficient (Wildman–Crippen LogP) is 2.37. The van der Waals surface area contributed by atoms with Gasteiger partial charge < -0.3 is 15.5 Å². The first-order chi connectivity index (χ1) is 12.5. The van der Waals surface area contributed by atoms with E-state index in [0.29, 0.717) is 25.6 Å². The molecule has 136 valence electrons. The highest BCUT2D eigenvalue weighted by Crippen LogP contribution is 2.17. The topological polar surface area (TPSA) is 88.0 Å². The number of aliphatic imine (C=N–C) groups is 1. The molecular formula is C18H20FN5O2. The van der Waals surface area contributed by atoms with Gasteiger partial charge in [-0.25, -0.2) is 9.38 Å². The molecule has 1 heterocycles. The van der Waals surface area contributed by atoms with Gasteiger partial charge in [-0.15, -0.1) is 0 Å². The fourth-order valence-electron chi connectivity index (χ4n) is 2.89. The number of piperazine rings is 1. The molecule has 0 radical (unpaired) electrons. The lowest BCUT2D eigenvalue weighted by atomic mass is 10.2. The molecule has 2 N–H and O–H groups in total. The molecule has 0 spiro atoms. The minimum Gasteiger partial charge on any atom is -0.370 e. The first-order valence-corrected chi connectivity index (χ1v) is 8.31. The number of anilines is 1. The highest BCUT2D eigenvalue weighted by molar-refractivity contribution is 5.78. The molecule has 0 amide bonds. The number of nitrogens with two attached hydrogens (primary N) is 1. The van der Waals surface area contributed by atoms with Gasteiger partial charge in [-0.2, -0.15) is 0 Å². The Kier molecular flexibility index (Phi) is 5.31. The van der Waals surface area contributed by atoms with E-state index in [1.54, 1.807) is 24.3 Å². The smallest absolute Gasteiger partial charge is 0.269 e. The van der Waals surface area contributed by atoms with E-state index in [9.17, 15) is 14.5 Å². The van der Waals surface area contributed by atoms with Gasteiger partial charge in [0.25, 0.3) is 5.69 Å². The third kappa shape index (κ3) is 4.27. The number of rotatable bonds is 4. The van der Waals surface area contributed by atoms with Crippen LogP contribution in [0.15, 0.2) is 53.5 Å². The summed E-state index contributed by atoms with van der Waals surface area (Å²) in [5, 5.41) is 10.8. The Morgan fingerprint density at radius 2 is 1.85 bits per heavy atom. The Morgan fingerprint density at radius 3 is 2.50 bits per heavy atom. The summed E-state index contributed by atoms with van der Waals surface area (Å²) in [6.45, 7) is 3.24. The van der Waals surface area contributed by atoms with E-state index in [1.807, 2.05) is 4.90 Å². The van der Waals surface area contributed by atoms with Crippen LogP contribution in [0, 0.1) is 15.9 Å². The van der Waals surface area contributed by atoms with Crippen molar-refractivity contribution in [2.75, 3.05) is 31.1 Å². The lowest BCUT2D eigenvalue weighted by Gasteiger charge is -2.36. The summed E-state index contributed by atoms with van der Waals surface area (Å²) in [6, 6.07) is 12.8. The fourth-order valence-corrected chi connectivity index (χ4v) is 2.89. The summed E-state index contributed by atoms with van der Waals surface area (Å²) < 4.78 is 13.0. The number of benzene rings is 2. The van der Waals surface area contributed by atoms with Crippen molar-refractivity contribution >= 4 is 17.3 Å². The highest BCUT2D eigenvalue weighted by Gasteiger charge is 2.18. The minimum atomic E-state index is -0.425. The van der Waals surface area contributed by atoms with Crippen LogP contribution < -0.4 is 10.6 Å². The highest BCUT2D eigenvalue weighted by atomic mass is 19.1. The van der Waals surface area contributed by atoms with Crippen LogP contribution in [0.3, 0.4) is 0 Å². The number of hydrogen-bond donors (Lipinski definition) is 1. The molecule has 0 unspecified atom stereocenters. The van der Waals surface area contributed by atoms with Gasteiger partial charge in [0.05, 0.1) is 11.5 Å². The summed E-state index contributed by atoms with van der Waals surface area (Å²) in [5.74, 6) is 0.181. The van der Waals surface area contributed by atoms with Gasteiger partial charge in [-0.05, 0) is 29.8 Å². The number of guanidine groups is 1. The van der Waals surface area contributed by atoms with Crippen molar-refractivity contribution in [3.05, 3.63) is 70.0 Å². The van der Waals surface area contributed by atoms with Crippen LogP contribution in [-0.4, -0.2) is 42.0 Å². The first kappa shape index (κ1) is 17.7. The lowest BCUT2D eigenvalue weighted by molar-refractivity contribution is -0.384. The zero-order valence-electron chi connectivity index (χ0n) is 14.2. The van der Waals surface area contributed by atoms with Crippen molar-refractivity contribution in [2.45, 2.75) is 6.54 Å². The quantitative estimate of drug-likeness (QED) is 0.393. The average Bonchev–Trinajstić information content (AvgIpc) is 2.67. The molecule has 26 heavy (non-hydrogen) atoms. The van der Waals surface area contributed by atoms with Crippen LogP contribution in [0.1, 0.15) is 5.56 Å². The lowest BCUT2D eigenvalue weighted by Crippen LogP contribution is -2.51. The van der Waals surface area contributed by atoms with Gasteiger partial charge in [0, 0.05) is 44.0 Å². The Hall–Kier alpha value is -3.16. The molecule has 1 fully saturated rings. The van der Waals surface area contributed by atoms with E-state index in [1.165, 1.54) is 24.3 Å². The average molecular weight is 357 g/mol. The van der Waals surface area contributed by atoms with Gasteiger partial charge in [0.15, 0.2) is 5.96 Å². The molecule has 0 atom stereocenters. The van der Waals surface area contributed by atoms with E-state index in [4.69, 9.17) is 5.73 Å². The van der Waals surface area contributed by atoms with Crippen LogP contribution in [0.5, 0.6) is 0 Å². The van der Waals surface area contributed by atoms with E-state index >= 15 is 0 Å². The second kappa shape index (κ2) is 7.81. The van der Waals surface area contributed by atoms with Gasteiger partial charge >= 0.3 is 0 Å². The minimum absolute atomic E-state index is 0.0455. The van der Waals surface area contributed by atoms with Gasteiger partial charge in [-0.1, -0.05) is 12.1 Å². The number of non-ortho nitro benzene ring substituents is 1. The van der Waals surface area contributed by atoms with Crippen LogP contribution >= 0.6 is 0 Å². The van der Waals surface area contributed by atoms with Crippen LogP contribution in [-0.2, 0) is 6.54 Å². The predicted molar refractivity (Wildman–Crippen MR) is 98.6 cm³/mol. The Bertz CT molecular complexity index is 801. The van der Waals surface area contributed by atoms with E-state index in [2.05, 4.69) is 9.89 Å². The Balaban J connectivity index is 1.57. The standard InChI is InChI=1S/C18H20FN5O2/c19-15-4-6-16(7-5-15)22-8-10-23(11-9-22)18(20)21-13-14-2-1-3-17(12-14)24(25)26/h1-7,12H,8-11,13H2,(H2,20,21). The molecule has 0 aromatic heterocycles. The zero-order chi connectivity index (χ0) is 18.5. The summed E-state index contributed by atoms with van der Waals surface area (Å²) in [6.07, 6.45) is 0. The van der Waals surface area contributed by atoms with E-state index < -0.39 is 4.92 Å². The SMILES string of the molecule is NC(=NCc1cccc([N+](=O)[O-])c1)N1CCN(c2ccc(F)cc2)CC1. The van der Waals surface area contributed by atoms with Crippen molar-refractivity contribution < 1.29 is 9.31 Å². The first-order valence-electron chi connectivity index (χ1n) is 8.31. The maximum atomic E-state index is 13.0. The van der Waals surface area contributed by atoms with Crippen LogP contribution in [0.4, 0.5) is 15.8 Å². The van der Waals surface area contributed by atoms with E-state index in [0.717, 1.165) is 24.3 Å². The number of nitro benzene ring substituents is 1. The third-order valence-corrected chi connectivity index (χ3v) is 4.34. The molecular weight excluding hydrogens is 337 g/mol. The van der Waals surface area contributed by atoms with E-state index in [-0.39, 0.29) is 11.5 Å². The summed E-state index contributed by atoms with van der Waals surface area (Å²) in [4.78, 5) is 18.9. The molecule has 0 bridgehead atoms. The maximum Gasteiger partial charge on any atom is 0.269 e. The second-order valence-corrected chi connectivity index (χ2v) is 6.05. The van der Waals surface area contributed by atoms with Crippen molar-refractivity contribution in [3.63, 3.8) is 0 Å². The summed E-state index contributed by atoms with van der Waals surface area (Å²) in [5.41, 5.74) is 7.84. The molecule has 7 nitrogen and oxygen atoms in total. The normalized spacial score (nSPS) is 15.2. The van der Waals surface area contributed by atoms with Crippen LogP contribution in [0.2, 0.25) is 0 Å². The molecule has 3 rings (SSSR count). The van der Waals surface area contributed by atoms with Crippen molar-refractivity contribution in [3.8, 4) is 0 Å². The van der Waals surface area contributed by atoms with Gasteiger partial charge in [0.2, 0.25) is 0 Å². The van der Waals surface area contributed by atoms with Crippen molar-refractivity contribution in [1.29, 1.82) is 0 Å².